The van der Waals surface area contributed by atoms with Crippen LogP contribution >= 0.6 is 0 Å². The van der Waals surface area contributed by atoms with E-state index in [4.69, 9.17) is 0 Å². The lowest BCUT2D eigenvalue weighted by atomic mass is 10.1. The van der Waals surface area contributed by atoms with Crippen LogP contribution < -0.4 is 10.6 Å². The van der Waals surface area contributed by atoms with Crippen LogP contribution in [0.15, 0.2) is 48.7 Å². The Hall–Kier alpha value is -3.28. The van der Waals surface area contributed by atoms with E-state index in [-0.39, 0.29) is 6.42 Å². The summed E-state index contributed by atoms with van der Waals surface area (Å²) in [5.74, 6) is -1.08. The Balaban J connectivity index is 1.73. The number of nitrogens with one attached hydrogen (secondary N) is 3. The van der Waals surface area contributed by atoms with Crippen LogP contribution in [0.25, 0.3) is 10.9 Å². The molecule has 6 nitrogen and oxygen atoms in total. The van der Waals surface area contributed by atoms with Crippen molar-refractivity contribution >= 4 is 28.6 Å². The van der Waals surface area contributed by atoms with Crippen LogP contribution in [0.5, 0.6) is 0 Å². The van der Waals surface area contributed by atoms with Crippen molar-refractivity contribution in [1.82, 2.24) is 10.3 Å². The molecular formula is C20H21N3O3. The maximum Gasteiger partial charge on any atom is 0.326 e. The van der Waals surface area contributed by atoms with Crippen LogP contribution in [0, 0.1) is 13.8 Å². The van der Waals surface area contributed by atoms with E-state index in [9.17, 15) is 14.7 Å². The van der Waals surface area contributed by atoms with Crippen molar-refractivity contribution in [3.8, 4) is 0 Å². The number of carboxylic acid groups (broad SMARTS) is 1. The summed E-state index contributed by atoms with van der Waals surface area (Å²) in [7, 11) is 0. The number of urea groups is 1. The first-order valence-electron chi connectivity index (χ1n) is 8.37. The number of amides is 2. The Morgan fingerprint density at radius 1 is 1.12 bits per heavy atom. The maximum absolute atomic E-state index is 12.3. The molecule has 0 saturated heterocycles. The Morgan fingerprint density at radius 2 is 1.88 bits per heavy atom. The first-order valence-corrected chi connectivity index (χ1v) is 8.37. The van der Waals surface area contributed by atoms with Gasteiger partial charge in [-0.25, -0.2) is 9.59 Å². The molecule has 6 heteroatoms. The molecule has 134 valence electrons. The number of aryl methyl sites for hydroxylation is 1. The molecule has 0 aliphatic rings. The van der Waals surface area contributed by atoms with Gasteiger partial charge in [-0.05, 0) is 42.7 Å². The van der Waals surface area contributed by atoms with Crippen molar-refractivity contribution in [3.05, 3.63) is 65.4 Å². The van der Waals surface area contributed by atoms with Crippen LogP contribution in [0.3, 0.4) is 0 Å². The van der Waals surface area contributed by atoms with Gasteiger partial charge in [0.05, 0.1) is 0 Å². The van der Waals surface area contributed by atoms with E-state index in [0.29, 0.717) is 5.69 Å². The molecule has 2 amide bonds. The second-order valence-corrected chi connectivity index (χ2v) is 6.30. The predicted octanol–water partition coefficient (Wildman–Crippen LogP) is 3.60. The lowest BCUT2D eigenvalue weighted by Crippen LogP contribution is -2.44. The molecule has 1 heterocycles. The first kappa shape index (κ1) is 17.5. The number of carbonyl (C=O) groups is 2. The van der Waals surface area contributed by atoms with Gasteiger partial charge in [-0.1, -0.05) is 30.3 Å². The summed E-state index contributed by atoms with van der Waals surface area (Å²) >= 11 is 0. The lowest BCUT2D eigenvalue weighted by molar-refractivity contribution is -0.139. The molecule has 0 aliphatic heterocycles. The monoisotopic (exact) mass is 351 g/mol. The standard InChI is InChI=1S/C20H21N3O3/c1-12-6-5-9-16(13(12)2)22-20(26)23-18(19(24)25)10-14-11-21-17-8-4-3-7-15(14)17/h3-9,11,18,21H,10H2,1-2H3,(H,24,25)(H2,22,23,26)/t18-/m1/s1. The Morgan fingerprint density at radius 3 is 2.65 bits per heavy atom. The number of carbonyl (C=O) groups excluding carboxylic acids is 1. The van der Waals surface area contributed by atoms with Crippen LogP contribution in [0.4, 0.5) is 10.5 Å². The van der Waals surface area contributed by atoms with Crippen LogP contribution in [0.2, 0.25) is 0 Å². The summed E-state index contributed by atoms with van der Waals surface area (Å²) in [5, 5.41) is 15.7. The van der Waals surface area contributed by atoms with Crippen molar-refractivity contribution < 1.29 is 14.7 Å². The zero-order valence-electron chi connectivity index (χ0n) is 14.7. The zero-order chi connectivity index (χ0) is 18.7. The number of aromatic amines is 1. The van der Waals surface area contributed by atoms with Crippen molar-refractivity contribution in [2.45, 2.75) is 26.3 Å². The number of H-pyrrole nitrogens is 1. The first-order chi connectivity index (χ1) is 12.5. The summed E-state index contributed by atoms with van der Waals surface area (Å²) in [6.07, 6.45) is 1.98. The van der Waals surface area contributed by atoms with E-state index >= 15 is 0 Å². The highest BCUT2D eigenvalue weighted by atomic mass is 16.4. The molecule has 0 spiro atoms. The van der Waals surface area contributed by atoms with E-state index in [1.165, 1.54) is 0 Å². The van der Waals surface area contributed by atoms with Gasteiger partial charge in [0, 0.05) is 29.2 Å². The van der Waals surface area contributed by atoms with Gasteiger partial charge >= 0.3 is 12.0 Å². The Labute approximate surface area is 151 Å². The van der Waals surface area contributed by atoms with E-state index in [0.717, 1.165) is 27.6 Å². The number of hydrogen-bond acceptors (Lipinski definition) is 2. The quantitative estimate of drug-likeness (QED) is 0.566. The second kappa shape index (κ2) is 7.31. The molecule has 0 radical (unpaired) electrons. The minimum atomic E-state index is -1.08. The van der Waals surface area contributed by atoms with Gasteiger partial charge in [0.1, 0.15) is 6.04 Å². The third-order valence-corrected chi connectivity index (χ3v) is 4.56. The van der Waals surface area contributed by atoms with Gasteiger partial charge in [0.2, 0.25) is 0 Å². The summed E-state index contributed by atoms with van der Waals surface area (Å²) in [6, 6.07) is 11.7. The molecule has 3 rings (SSSR count). The van der Waals surface area contributed by atoms with Crippen LogP contribution in [-0.2, 0) is 11.2 Å². The van der Waals surface area contributed by atoms with Crippen LogP contribution in [0.1, 0.15) is 16.7 Å². The summed E-state index contributed by atoms with van der Waals surface area (Å²) in [4.78, 5) is 27.0. The van der Waals surface area contributed by atoms with Crippen molar-refractivity contribution in [2.75, 3.05) is 5.32 Å². The van der Waals surface area contributed by atoms with Gasteiger partial charge in [-0.15, -0.1) is 0 Å². The number of aliphatic carboxylic acids is 1. The Kier molecular flexibility index (Phi) is 4.93. The fourth-order valence-electron chi connectivity index (χ4n) is 2.92. The van der Waals surface area contributed by atoms with Gasteiger partial charge in [0.25, 0.3) is 0 Å². The number of hydrogen-bond donors (Lipinski definition) is 4. The smallest absolute Gasteiger partial charge is 0.326 e. The summed E-state index contributed by atoms with van der Waals surface area (Å²) in [6.45, 7) is 3.86. The number of aromatic nitrogens is 1. The maximum atomic E-state index is 12.3. The number of rotatable bonds is 5. The van der Waals surface area contributed by atoms with E-state index in [1.54, 1.807) is 12.3 Å². The van der Waals surface area contributed by atoms with Crippen molar-refractivity contribution in [1.29, 1.82) is 0 Å². The lowest BCUT2D eigenvalue weighted by Gasteiger charge is -2.16. The molecule has 2 aromatic carbocycles. The van der Waals surface area contributed by atoms with Crippen molar-refractivity contribution in [3.63, 3.8) is 0 Å². The van der Waals surface area contributed by atoms with Gasteiger partial charge in [0.15, 0.2) is 0 Å². The SMILES string of the molecule is Cc1cccc(NC(=O)N[C@H](Cc2c[nH]c3ccccc23)C(=O)O)c1C. The minimum absolute atomic E-state index is 0.194. The molecule has 4 N–H and O–H groups in total. The largest absolute Gasteiger partial charge is 0.480 e. The zero-order valence-corrected chi connectivity index (χ0v) is 14.7. The van der Waals surface area contributed by atoms with Crippen LogP contribution in [-0.4, -0.2) is 28.1 Å². The fraction of sp³-hybridized carbons (Fsp3) is 0.200. The summed E-state index contributed by atoms with van der Waals surface area (Å²) < 4.78 is 0. The number of carboxylic acids is 1. The normalized spacial score (nSPS) is 11.9. The molecule has 1 atom stereocenters. The highest BCUT2D eigenvalue weighted by molar-refractivity contribution is 5.93. The molecule has 0 fully saturated rings. The molecule has 1 aromatic heterocycles. The topological polar surface area (TPSA) is 94.2 Å². The number of fused-ring (bicyclic) bond motifs is 1. The third kappa shape index (κ3) is 3.69. The second-order valence-electron chi connectivity index (χ2n) is 6.30. The van der Waals surface area contributed by atoms with E-state index < -0.39 is 18.0 Å². The third-order valence-electron chi connectivity index (χ3n) is 4.56. The molecule has 0 saturated carbocycles. The minimum Gasteiger partial charge on any atom is -0.480 e. The number of anilines is 1. The molecule has 0 aliphatic carbocycles. The average molecular weight is 351 g/mol. The molecular weight excluding hydrogens is 330 g/mol. The molecule has 0 unspecified atom stereocenters. The fourth-order valence-corrected chi connectivity index (χ4v) is 2.92. The van der Waals surface area contributed by atoms with Gasteiger partial charge < -0.3 is 20.7 Å². The highest BCUT2D eigenvalue weighted by Crippen LogP contribution is 2.20. The predicted molar refractivity (Wildman–Crippen MR) is 101 cm³/mol. The number of benzene rings is 2. The highest BCUT2D eigenvalue weighted by Gasteiger charge is 2.22. The van der Waals surface area contributed by atoms with Crippen molar-refractivity contribution in [2.24, 2.45) is 0 Å². The van der Waals surface area contributed by atoms with Gasteiger partial charge in [-0.3, -0.25) is 0 Å². The van der Waals surface area contributed by atoms with Gasteiger partial charge in [-0.2, -0.15) is 0 Å². The number of para-hydroxylation sites is 1. The molecule has 3 aromatic rings. The summed E-state index contributed by atoms with van der Waals surface area (Å²) in [5.41, 5.74) is 4.45. The van der Waals surface area contributed by atoms with E-state index in [2.05, 4.69) is 15.6 Å². The Bertz CT molecular complexity index is 962. The average Bonchev–Trinajstić information content (AvgIpc) is 3.01. The molecule has 0 bridgehead atoms. The molecule has 26 heavy (non-hydrogen) atoms. The van der Waals surface area contributed by atoms with E-state index in [1.807, 2.05) is 50.2 Å².